The normalized spacial score (nSPS) is 16.6. The van der Waals surface area contributed by atoms with Crippen molar-refractivity contribution in [2.75, 3.05) is 31.1 Å². The summed E-state index contributed by atoms with van der Waals surface area (Å²) in [6.07, 6.45) is 1.71. The lowest BCUT2D eigenvalue weighted by molar-refractivity contribution is 0.251. The predicted molar refractivity (Wildman–Crippen MR) is 88.8 cm³/mol. The van der Waals surface area contributed by atoms with Gasteiger partial charge in [-0.05, 0) is 40.2 Å². The van der Waals surface area contributed by atoms with E-state index < -0.39 is 0 Å². The molecule has 0 N–H and O–H groups in total. The fourth-order valence-electron chi connectivity index (χ4n) is 2.35. The molecule has 3 heterocycles. The first-order valence-corrected chi connectivity index (χ1v) is 8.52. The minimum absolute atomic E-state index is 0.690. The number of aromatic nitrogens is 1. The minimum Gasteiger partial charge on any atom is -0.354 e. The zero-order valence-corrected chi connectivity index (χ0v) is 14.1. The van der Waals surface area contributed by atoms with Crippen molar-refractivity contribution in [3.8, 4) is 0 Å². The van der Waals surface area contributed by atoms with E-state index in [0.29, 0.717) is 5.02 Å². The number of piperazine rings is 1. The van der Waals surface area contributed by atoms with Gasteiger partial charge in [-0.3, -0.25) is 4.90 Å². The van der Waals surface area contributed by atoms with Crippen molar-refractivity contribution in [2.45, 2.75) is 6.54 Å². The van der Waals surface area contributed by atoms with Gasteiger partial charge in [0.1, 0.15) is 5.82 Å². The molecule has 0 saturated carbocycles. The minimum atomic E-state index is 0.690. The van der Waals surface area contributed by atoms with Crippen molar-refractivity contribution < 1.29 is 0 Å². The lowest BCUT2D eigenvalue weighted by atomic mass is 10.3. The van der Waals surface area contributed by atoms with Crippen LogP contribution in [0.15, 0.2) is 34.2 Å². The van der Waals surface area contributed by atoms with E-state index in [2.05, 4.69) is 42.8 Å². The highest BCUT2D eigenvalue weighted by molar-refractivity contribution is 9.11. The maximum absolute atomic E-state index is 5.87. The molecule has 106 valence electrons. The first kappa shape index (κ1) is 14.3. The zero-order valence-electron chi connectivity index (χ0n) is 10.9. The zero-order chi connectivity index (χ0) is 13.9. The van der Waals surface area contributed by atoms with Crippen LogP contribution in [0, 0.1) is 0 Å². The summed E-state index contributed by atoms with van der Waals surface area (Å²) in [6.45, 7) is 5.21. The second-order valence-corrected chi connectivity index (χ2v) is 7.79. The lowest BCUT2D eigenvalue weighted by Crippen LogP contribution is -2.46. The number of pyridine rings is 1. The first-order valence-electron chi connectivity index (χ1n) is 6.54. The maximum Gasteiger partial charge on any atom is 0.128 e. The Hall–Kier alpha value is -0.620. The molecule has 1 aliphatic heterocycles. The molecule has 3 rings (SSSR count). The Morgan fingerprint density at radius 3 is 2.55 bits per heavy atom. The van der Waals surface area contributed by atoms with E-state index >= 15 is 0 Å². The van der Waals surface area contributed by atoms with Crippen molar-refractivity contribution in [3.63, 3.8) is 0 Å². The molecule has 0 aromatic carbocycles. The number of halogens is 2. The van der Waals surface area contributed by atoms with Crippen molar-refractivity contribution in [3.05, 3.63) is 44.1 Å². The summed E-state index contributed by atoms with van der Waals surface area (Å²) >= 11 is 11.2. The van der Waals surface area contributed by atoms with Crippen LogP contribution in [0.4, 0.5) is 5.82 Å². The van der Waals surface area contributed by atoms with E-state index in [1.807, 2.05) is 23.5 Å². The average molecular weight is 373 g/mol. The van der Waals surface area contributed by atoms with Gasteiger partial charge in [0.05, 0.1) is 8.81 Å². The summed E-state index contributed by atoms with van der Waals surface area (Å²) in [5.74, 6) is 1.02. The van der Waals surface area contributed by atoms with E-state index in [4.69, 9.17) is 11.6 Å². The Kier molecular flexibility index (Phi) is 4.61. The Balaban J connectivity index is 1.55. The second kappa shape index (κ2) is 6.43. The van der Waals surface area contributed by atoms with Crippen molar-refractivity contribution in [1.29, 1.82) is 0 Å². The van der Waals surface area contributed by atoms with Crippen LogP contribution in [0.2, 0.25) is 5.02 Å². The predicted octanol–water partition coefficient (Wildman–Crippen LogP) is 3.88. The average Bonchev–Trinajstić information content (AvgIpc) is 2.86. The van der Waals surface area contributed by atoms with E-state index in [9.17, 15) is 0 Å². The van der Waals surface area contributed by atoms with E-state index in [1.165, 1.54) is 8.66 Å². The quantitative estimate of drug-likeness (QED) is 0.815. The summed E-state index contributed by atoms with van der Waals surface area (Å²) in [7, 11) is 0. The van der Waals surface area contributed by atoms with Gasteiger partial charge in [0.15, 0.2) is 0 Å². The lowest BCUT2D eigenvalue weighted by Gasteiger charge is -2.35. The van der Waals surface area contributed by atoms with Crippen LogP contribution >= 0.6 is 38.9 Å². The van der Waals surface area contributed by atoms with Gasteiger partial charge in [0.25, 0.3) is 0 Å². The third-order valence-electron chi connectivity index (χ3n) is 3.42. The SMILES string of the molecule is Clc1ccc(N2CCN(Cc3ccc(Br)s3)CC2)nc1. The molecule has 0 atom stereocenters. The van der Waals surface area contributed by atoms with Gasteiger partial charge in [-0.2, -0.15) is 0 Å². The van der Waals surface area contributed by atoms with Crippen LogP contribution in [0.25, 0.3) is 0 Å². The first-order chi connectivity index (χ1) is 9.70. The van der Waals surface area contributed by atoms with E-state index in [-0.39, 0.29) is 0 Å². The standard InChI is InChI=1S/C14H15BrClN3S/c15-13-3-2-12(20-13)10-18-5-7-19(8-6-18)14-4-1-11(16)9-17-14/h1-4,9H,5-8,10H2. The third kappa shape index (κ3) is 3.52. The third-order valence-corrected chi connectivity index (χ3v) is 5.25. The van der Waals surface area contributed by atoms with Crippen molar-refractivity contribution >= 4 is 44.7 Å². The Labute approximate surface area is 136 Å². The maximum atomic E-state index is 5.87. The number of anilines is 1. The number of hydrogen-bond donors (Lipinski definition) is 0. The summed E-state index contributed by atoms with van der Waals surface area (Å²) in [4.78, 5) is 10.6. The summed E-state index contributed by atoms with van der Waals surface area (Å²) in [5.41, 5.74) is 0. The molecule has 0 radical (unpaired) electrons. The molecule has 0 aliphatic carbocycles. The number of rotatable bonds is 3. The van der Waals surface area contributed by atoms with E-state index in [1.54, 1.807) is 6.20 Å². The summed E-state index contributed by atoms with van der Waals surface area (Å²) < 4.78 is 1.21. The van der Waals surface area contributed by atoms with Crippen LogP contribution in [-0.2, 0) is 6.54 Å². The van der Waals surface area contributed by atoms with Crippen molar-refractivity contribution in [1.82, 2.24) is 9.88 Å². The molecule has 0 unspecified atom stereocenters. The fraction of sp³-hybridized carbons (Fsp3) is 0.357. The van der Waals surface area contributed by atoms with Crippen molar-refractivity contribution in [2.24, 2.45) is 0 Å². The monoisotopic (exact) mass is 371 g/mol. The van der Waals surface area contributed by atoms with Gasteiger partial charge in [0, 0.05) is 43.8 Å². The molecule has 2 aromatic heterocycles. The largest absolute Gasteiger partial charge is 0.354 e. The van der Waals surface area contributed by atoms with Gasteiger partial charge >= 0.3 is 0 Å². The van der Waals surface area contributed by atoms with Gasteiger partial charge in [-0.25, -0.2) is 4.98 Å². The van der Waals surface area contributed by atoms with Gasteiger partial charge in [-0.15, -0.1) is 11.3 Å². The highest BCUT2D eigenvalue weighted by Crippen LogP contribution is 2.24. The fourth-order valence-corrected chi connectivity index (χ4v) is 3.98. The van der Waals surface area contributed by atoms with Crippen LogP contribution < -0.4 is 4.90 Å². The molecule has 3 nitrogen and oxygen atoms in total. The van der Waals surface area contributed by atoms with Gasteiger partial charge in [-0.1, -0.05) is 11.6 Å². The molecule has 20 heavy (non-hydrogen) atoms. The number of thiophene rings is 1. The van der Waals surface area contributed by atoms with E-state index in [0.717, 1.165) is 38.5 Å². The molecule has 1 fully saturated rings. The van der Waals surface area contributed by atoms with Crippen LogP contribution in [0.3, 0.4) is 0 Å². The smallest absolute Gasteiger partial charge is 0.128 e. The van der Waals surface area contributed by atoms with Crippen LogP contribution in [0.5, 0.6) is 0 Å². The summed E-state index contributed by atoms with van der Waals surface area (Å²) in [6, 6.07) is 8.21. The topological polar surface area (TPSA) is 19.4 Å². The molecule has 0 bridgehead atoms. The summed E-state index contributed by atoms with van der Waals surface area (Å²) in [5, 5.41) is 0.690. The Bertz CT molecular complexity index is 564. The molecule has 2 aromatic rings. The molecular weight excluding hydrogens is 358 g/mol. The number of hydrogen-bond acceptors (Lipinski definition) is 4. The molecule has 0 spiro atoms. The molecule has 6 heteroatoms. The molecule has 0 amide bonds. The highest BCUT2D eigenvalue weighted by Gasteiger charge is 2.18. The van der Waals surface area contributed by atoms with Crippen LogP contribution in [0.1, 0.15) is 4.88 Å². The highest BCUT2D eigenvalue weighted by atomic mass is 79.9. The molecular formula is C14H15BrClN3S. The Morgan fingerprint density at radius 1 is 1.15 bits per heavy atom. The van der Waals surface area contributed by atoms with Gasteiger partial charge < -0.3 is 4.90 Å². The number of nitrogens with zero attached hydrogens (tertiary/aromatic N) is 3. The Morgan fingerprint density at radius 2 is 1.95 bits per heavy atom. The second-order valence-electron chi connectivity index (χ2n) is 4.80. The molecule has 1 aliphatic rings. The van der Waals surface area contributed by atoms with Crippen LogP contribution in [-0.4, -0.2) is 36.1 Å². The molecule has 1 saturated heterocycles. The van der Waals surface area contributed by atoms with Gasteiger partial charge in [0.2, 0.25) is 0 Å².